The topological polar surface area (TPSA) is 67.0 Å². The molecule has 2 fully saturated rings. The standard InChI is InChI=1S/C25H28N4O2S/c1-28-16-20(15-26-28)32(30,31)27-11-10-18-8-9-19-14-25(23-24(25)29(23)2)22(21(19)12-18)13-17-6-4-3-5-7-17/h3-9,12,15-16,22-24,27H,10-11,13-14H2,1-2H3. The van der Waals surface area contributed by atoms with Gasteiger partial charge in [0, 0.05) is 37.3 Å². The zero-order chi connectivity index (χ0) is 22.1. The van der Waals surface area contributed by atoms with Crippen LogP contribution >= 0.6 is 0 Å². The van der Waals surface area contributed by atoms with Gasteiger partial charge in [0.2, 0.25) is 10.0 Å². The molecule has 7 heteroatoms. The smallest absolute Gasteiger partial charge is 0.243 e. The zero-order valence-corrected chi connectivity index (χ0v) is 19.2. The highest BCUT2D eigenvalue weighted by molar-refractivity contribution is 7.89. The van der Waals surface area contributed by atoms with E-state index in [1.165, 1.54) is 45.8 Å². The fourth-order valence-electron chi connectivity index (χ4n) is 6.18. The summed E-state index contributed by atoms with van der Waals surface area (Å²) in [5.74, 6) is 0.540. The molecule has 0 bridgehead atoms. The van der Waals surface area contributed by atoms with Crippen molar-refractivity contribution in [2.75, 3.05) is 13.6 Å². The highest BCUT2D eigenvalue weighted by Gasteiger charge is 2.84. The minimum absolute atomic E-state index is 0.205. The third kappa shape index (κ3) is 3.06. The SMILES string of the molecule is CN1C2C1C21Cc2ccc(CCNS(=O)(=O)c3cnn(C)c3)cc2C1Cc1ccccc1. The number of aromatic nitrogens is 2. The summed E-state index contributed by atoms with van der Waals surface area (Å²) >= 11 is 0. The van der Waals surface area contributed by atoms with Crippen LogP contribution in [0.15, 0.2) is 65.8 Å². The molecule has 2 heterocycles. The Morgan fingerprint density at radius 2 is 1.88 bits per heavy atom. The Labute approximate surface area is 189 Å². The van der Waals surface area contributed by atoms with E-state index in [4.69, 9.17) is 0 Å². The first-order valence-electron chi connectivity index (χ1n) is 11.3. The van der Waals surface area contributed by atoms with Gasteiger partial charge in [-0.25, -0.2) is 13.1 Å². The van der Waals surface area contributed by atoms with Crippen LogP contribution < -0.4 is 4.72 Å². The molecule has 3 unspecified atom stereocenters. The average Bonchev–Trinajstić information content (AvgIpc) is 3.53. The second kappa shape index (κ2) is 7.01. The highest BCUT2D eigenvalue weighted by atomic mass is 32.2. The predicted molar refractivity (Wildman–Crippen MR) is 123 cm³/mol. The molecule has 6 nitrogen and oxygen atoms in total. The maximum atomic E-state index is 12.5. The quantitative estimate of drug-likeness (QED) is 0.564. The molecular formula is C25H28N4O2S. The Morgan fingerprint density at radius 3 is 2.56 bits per heavy atom. The Kier molecular flexibility index (Phi) is 4.41. The molecule has 3 atom stereocenters. The van der Waals surface area contributed by atoms with Crippen molar-refractivity contribution in [3.63, 3.8) is 0 Å². The monoisotopic (exact) mass is 448 g/mol. The minimum atomic E-state index is -3.53. The average molecular weight is 449 g/mol. The normalized spacial score (nSPS) is 29.7. The molecule has 0 radical (unpaired) electrons. The number of aryl methyl sites for hydroxylation is 1. The molecular weight excluding hydrogens is 420 g/mol. The predicted octanol–water partition coefficient (Wildman–Crippen LogP) is 2.51. The summed E-state index contributed by atoms with van der Waals surface area (Å²) in [5, 5.41) is 3.96. The second-order valence-electron chi connectivity index (χ2n) is 9.62. The van der Waals surface area contributed by atoms with Crippen molar-refractivity contribution in [1.29, 1.82) is 0 Å². The summed E-state index contributed by atoms with van der Waals surface area (Å²) in [7, 11) is 0.423. The summed E-state index contributed by atoms with van der Waals surface area (Å²) in [5.41, 5.74) is 5.95. The Bertz CT molecular complexity index is 1270. The summed E-state index contributed by atoms with van der Waals surface area (Å²) in [6.07, 6.45) is 5.82. The first kappa shape index (κ1) is 20.1. The molecule has 1 aliphatic heterocycles. The van der Waals surface area contributed by atoms with Gasteiger partial charge >= 0.3 is 0 Å². The molecule has 1 aromatic heterocycles. The van der Waals surface area contributed by atoms with Crippen LogP contribution in [0.5, 0.6) is 0 Å². The van der Waals surface area contributed by atoms with Gasteiger partial charge in [0.1, 0.15) is 4.90 Å². The van der Waals surface area contributed by atoms with E-state index in [1.54, 1.807) is 7.05 Å². The molecule has 32 heavy (non-hydrogen) atoms. The number of nitrogens with zero attached hydrogens (tertiary/aromatic N) is 3. The first-order valence-corrected chi connectivity index (χ1v) is 12.7. The number of nitrogens with one attached hydrogen (secondary N) is 1. The lowest BCUT2D eigenvalue weighted by atomic mass is 9.81. The zero-order valence-electron chi connectivity index (χ0n) is 18.4. The fourth-order valence-corrected chi connectivity index (χ4v) is 7.20. The molecule has 1 saturated carbocycles. The van der Waals surface area contributed by atoms with Gasteiger partial charge in [-0.15, -0.1) is 0 Å². The van der Waals surface area contributed by atoms with Crippen LogP contribution in [-0.4, -0.2) is 48.8 Å². The largest absolute Gasteiger partial charge is 0.296 e. The van der Waals surface area contributed by atoms with E-state index in [9.17, 15) is 8.42 Å². The van der Waals surface area contributed by atoms with Crippen molar-refractivity contribution in [1.82, 2.24) is 19.4 Å². The van der Waals surface area contributed by atoms with E-state index >= 15 is 0 Å². The molecule has 2 aliphatic carbocycles. The second-order valence-corrected chi connectivity index (χ2v) is 11.4. The van der Waals surface area contributed by atoms with E-state index in [0.29, 0.717) is 24.3 Å². The third-order valence-electron chi connectivity index (χ3n) is 7.79. The van der Waals surface area contributed by atoms with Crippen molar-refractivity contribution < 1.29 is 8.42 Å². The number of benzene rings is 2. The van der Waals surface area contributed by atoms with Crippen LogP contribution in [0.1, 0.15) is 28.2 Å². The Hall–Kier alpha value is -2.48. The first-order chi connectivity index (χ1) is 15.4. The van der Waals surface area contributed by atoms with E-state index in [-0.39, 0.29) is 4.90 Å². The molecule has 2 aromatic carbocycles. The van der Waals surface area contributed by atoms with Crippen molar-refractivity contribution in [3.05, 3.63) is 83.2 Å². The van der Waals surface area contributed by atoms with Gasteiger partial charge in [-0.05, 0) is 54.5 Å². The van der Waals surface area contributed by atoms with Gasteiger partial charge in [-0.2, -0.15) is 5.10 Å². The molecule has 166 valence electrons. The highest BCUT2D eigenvalue weighted by Crippen LogP contribution is 2.76. The van der Waals surface area contributed by atoms with Gasteiger partial charge < -0.3 is 0 Å². The maximum Gasteiger partial charge on any atom is 0.243 e. The number of fused-ring (bicyclic) bond motifs is 4. The number of hydrogen-bond donors (Lipinski definition) is 1. The Balaban J connectivity index is 1.20. The number of rotatable bonds is 7. The number of likely N-dealkylation sites (tertiary alicyclic amines) is 1. The van der Waals surface area contributed by atoms with Crippen LogP contribution in [0.4, 0.5) is 0 Å². The van der Waals surface area contributed by atoms with Crippen molar-refractivity contribution >= 4 is 10.0 Å². The van der Waals surface area contributed by atoms with Gasteiger partial charge in [-0.1, -0.05) is 48.5 Å². The number of sulfonamides is 1. The van der Waals surface area contributed by atoms with Crippen molar-refractivity contribution in [2.24, 2.45) is 12.5 Å². The van der Waals surface area contributed by atoms with Crippen molar-refractivity contribution in [3.8, 4) is 0 Å². The van der Waals surface area contributed by atoms with Crippen LogP contribution in [0.2, 0.25) is 0 Å². The van der Waals surface area contributed by atoms with Crippen molar-refractivity contribution in [2.45, 2.75) is 42.2 Å². The number of hydrogen-bond acceptors (Lipinski definition) is 4. The lowest BCUT2D eigenvalue weighted by Gasteiger charge is -2.29. The molecule has 1 N–H and O–H groups in total. The van der Waals surface area contributed by atoms with E-state index < -0.39 is 10.0 Å². The summed E-state index contributed by atoms with van der Waals surface area (Å²) in [6.45, 7) is 0.374. The van der Waals surface area contributed by atoms with Gasteiger partial charge in [0.05, 0.1) is 6.20 Å². The summed E-state index contributed by atoms with van der Waals surface area (Å²) < 4.78 is 29.2. The molecule has 1 saturated heterocycles. The molecule has 3 aliphatic rings. The lowest BCUT2D eigenvalue weighted by molar-refractivity contribution is 0.226. The van der Waals surface area contributed by atoms with Gasteiger partial charge in [0.15, 0.2) is 0 Å². The molecule has 0 amide bonds. The van der Waals surface area contributed by atoms with Gasteiger partial charge in [-0.3, -0.25) is 9.58 Å². The summed E-state index contributed by atoms with van der Waals surface area (Å²) in [6, 6.07) is 19.1. The van der Waals surface area contributed by atoms with Crippen LogP contribution in [0.25, 0.3) is 0 Å². The van der Waals surface area contributed by atoms with Gasteiger partial charge in [0.25, 0.3) is 0 Å². The fraction of sp³-hybridized carbons (Fsp3) is 0.400. The van der Waals surface area contributed by atoms with Crippen LogP contribution in [0.3, 0.4) is 0 Å². The Morgan fingerprint density at radius 1 is 1.09 bits per heavy atom. The van der Waals surface area contributed by atoms with E-state index in [2.05, 4.69) is 70.3 Å². The third-order valence-corrected chi connectivity index (χ3v) is 9.21. The van der Waals surface area contributed by atoms with Crippen LogP contribution in [-0.2, 0) is 36.3 Å². The van der Waals surface area contributed by atoms with E-state index in [1.807, 2.05) is 0 Å². The maximum absolute atomic E-state index is 12.5. The lowest BCUT2D eigenvalue weighted by Crippen LogP contribution is -2.31. The minimum Gasteiger partial charge on any atom is -0.296 e. The van der Waals surface area contributed by atoms with E-state index in [0.717, 1.165) is 18.5 Å². The number of likely N-dealkylation sites (N-methyl/N-ethyl adjacent to an activating group) is 1. The summed E-state index contributed by atoms with van der Waals surface area (Å²) in [4.78, 5) is 2.70. The molecule has 3 aromatic rings. The molecule has 6 rings (SSSR count). The molecule has 1 spiro atoms. The van der Waals surface area contributed by atoms with Crippen LogP contribution in [0, 0.1) is 5.41 Å².